The van der Waals surface area contributed by atoms with Gasteiger partial charge >= 0.3 is 11.9 Å². The van der Waals surface area contributed by atoms with Crippen LogP contribution in [0, 0.1) is 0 Å². The maximum absolute atomic E-state index is 12.4. The van der Waals surface area contributed by atoms with Crippen molar-refractivity contribution in [3.8, 4) is 0 Å². The highest BCUT2D eigenvalue weighted by atomic mass is 35.5. The van der Waals surface area contributed by atoms with Gasteiger partial charge in [-0.15, -0.1) is 0 Å². The SMILES string of the molecule is CCCCCCCCOC(=O)c1ccc(Cl)cc1C(=O)OCCCCCCCC. The van der Waals surface area contributed by atoms with E-state index in [-0.39, 0.29) is 11.1 Å². The third-order valence-electron chi connectivity index (χ3n) is 4.88. The molecule has 0 N–H and O–H groups in total. The number of carbonyl (C=O) groups excluding carboxylic acids is 2. The van der Waals surface area contributed by atoms with Gasteiger partial charge in [0.05, 0.1) is 24.3 Å². The first-order chi connectivity index (χ1) is 14.1. The lowest BCUT2D eigenvalue weighted by molar-refractivity contribution is 0.0450. The van der Waals surface area contributed by atoms with Crippen LogP contribution in [0.4, 0.5) is 0 Å². The second-order valence-electron chi connectivity index (χ2n) is 7.50. The van der Waals surface area contributed by atoms with Gasteiger partial charge in [0.25, 0.3) is 0 Å². The Morgan fingerprint density at radius 1 is 0.690 bits per heavy atom. The monoisotopic (exact) mass is 424 g/mol. The normalized spacial score (nSPS) is 10.7. The zero-order chi connectivity index (χ0) is 21.3. The van der Waals surface area contributed by atoms with Crippen molar-refractivity contribution < 1.29 is 19.1 Å². The predicted molar refractivity (Wildman–Crippen MR) is 119 cm³/mol. The predicted octanol–water partition coefficient (Wildman–Crippen LogP) is 7.37. The summed E-state index contributed by atoms with van der Waals surface area (Å²) in [4.78, 5) is 24.9. The van der Waals surface area contributed by atoms with E-state index >= 15 is 0 Å². The van der Waals surface area contributed by atoms with Crippen LogP contribution in [-0.2, 0) is 9.47 Å². The molecular weight excluding hydrogens is 388 g/mol. The second-order valence-corrected chi connectivity index (χ2v) is 7.93. The maximum atomic E-state index is 12.4. The van der Waals surface area contributed by atoms with E-state index in [0.717, 1.165) is 38.5 Å². The van der Waals surface area contributed by atoms with Crippen LogP contribution in [-0.4, -0.2) is 25.2 Å². The molecule has 0 radical (unpaired) electrons. The highest BCUT2D eigenvalue weighted by Crippen LogP contribution is 2.19. The summed E-state index contributed by atoms with van der Waals surface area (Å²) in [5, 5.41) is 0.393. The Kier molecular flexibility index (Phi) is 14.3. The summed E-state index contributed by atoms with van der Waals surface area (Å²) in [6, 6.07) is 4.60. The van der Waals surface area contributed by atoms with Crippen LogP contribution < -0.4 is 0 Å². The van der Waals surface area contributed by atoms with Gasteiger partial charge in [0, 0.05) is 5.02 Å². The van der Waals surface area contributed by atoms with Gasteiger partial charge in [-0.1, -0.05) is 89.7 Å². The van der Waals surface area contributed by atoms with Gasteiger partial charge < -0.3 is 9.47 Å². The smallest absolute Gasteiger partial charge is 0.339 e. The van der Waals surface area contributed by atoms with Crippen LogP contribution >= 0.6 is 11.6 Å². The number of benzene rings is 1. The Hall–Kier alpha value is -1.55. The van der Waals surface area contributed by atoms with E-state index < -0.39 is 11.9 Å². The molecule has 0 atom stereocenters. The summed E-state index contributed by atoms with van der Waals surface area (Å²) in [6.45, 7) is 5.08. The Bertz CT molecular complexity index is 601. The van der Waals surface area contributed by atoms with Crippen molar-refractivity contribution in [3.63, 3.8) is 0 Å². The molecule has 1 aromatic rings. The summed E-state index contributed by atoms with van der Waals surface area (Å²) in [5.41, 5.74) is 0.393. The van der Waals surface area contributed by atoms with Crippen LogP contribution in [0.3, 0.4) is 0 Å². The minimum absolute atomic E-state index is 0.177. The topological polar surface area (TPSA) is 52.6 Å². The van der Waals surface area contributed by atoms with Crippen LogP contribution in [0.5, 0.6) is 0 Å². The van der Waals surface area contributed by atoms with Crippen molar-refractivity contribution in [1.82, 2.24) is 0 Å². The van der Waals surface area contributed by atoms with Crippen LogP contribution in [0.1, 0.15) is 112 Å². The molecule has 0 bridgehead atoms. The van der Waals surface area contributed by atoms with Crippen LogP contribution in [0.2, 0.25) is 5.02 Å². The Labute approximate surface area is 181 Å². The fraction of sp³-hybridized carbons (Fsp3) is 0.667. The number of rotatable bonds is 16. The van der Waals surface area contributed by atoms with E-state index in [1.54, 1.807) is 6.07 Å². The molecule has 0 saturated heterocycles. The van der Waals surface area contributed by atoms with Gasteiger partial charge in [0.15, 0.2) is 0 Å². The number of unbranched alkanes of at least 4 members (excludes halogenated alkanes) is 10. The zero-order valence-electron chi connectivity index (χ0n) is 18.1. The van der Waals surface area contributed by atoms with Crippen LogP contribution in [0.25, 0.3) is 0 Å². The van der Waals surface area contributed by atoms with E-state index in [1.807, 2.05) is 0 Å². The van der Waals surface area contributed by atoms with Crippen molar-refractivity contribution in [2.45, 2.75) is 90.9 Å². The molecule has 0 fully saturated rings. The molecule has 4 nitrogen and oxygen atoms in total. The zero-order valence-corrected chi connectivity index (χ0v) is 18.9. The van der Waals surface area contributed by atoms with Crippen LogP contribution in [0.15, 0.2) is 18.2 Å². The molecule has 0 aliphatic rings. The summed E-state index contributed by atoms with van der Waals surface area (Å²) < 4.78 is 10.7. The number of halogens is 1. The molecular formula is C24H37ClO4. The van der Waals surface area contributed by atoms with Crippen molar-refractivity contribution in [2.75, 3.05) is 13.2 Å². The number of carbonyl (C=O) groups is 2. The average molecular weight is 425 g/mol. The molecule has 1 aromatic carbocycles. The number of hydrogen-bond donors (Lipinski definition) is 0. The lowest BCUT2D eigenvalue weighted by Gasteiger charge is -2.10. The largest absolute Gasteiger partial charge is 0.462 e. The Morgan fingerprint density at radius 2 is 1.14 bits per heavy atom. The quantitative estimate of drug-likeness (QED) is 0.205. The highest BCUT2D eigenvalue weighted by Gasteiger charge is 2.20. The van der Waals surface area contributed by atoms with E-state index in [4.69, 9.17) is 21.1 Å². The lowest BCUT2D eigenvalue weighted by atomic mass is 10.1. The summed E-state index contributed by atoms with van der Waals surface area (Å²) in [6.07, 6.45) is 13.4. The van der Waals surface area contributed by atoms with E-state index in [9.17, 15) is 9.59 Å². The average Bonchev–Trinajstić information content (AvgIpc) is 2.72. The van der Waals surface area contributed by atoms with Gasteiger partial charge in [0.1, 0.15) is 0 Å². The first kappa shape index (κ1) is 25.5. The number of esters is 2. The van der Waals surface area contributed by atoms with Gasteiger partial charge in [-0.25, -0.2) is 9.59 Å². The van der Waals surface area contributed by atoms with Gasteiger partial charge in [-0.3, -0.25) is 0 Å². The molecule has 0 aromatic heterocycles. The summed E-state index contributed by atoms with van der Waals surface area (Å²) >= 11 is 6.03. The number of hydrogen-bond acceptors (Lipinski definition) is 4. The first-order valence-corrected chi connectivity index (χ1v) is 11.6. The standard InChI is InChI=1S/C24H37ClO4/c1-3-5-7-9-11-13-17-28-23(26)21-16-15-20(25)19-22(21)24(27)29-18-14-12-10-8-6-4-2/h15-16,19H,3-14,17-18H2,1-2H3. The summed E-state index contributed by atoms with van der Waals surface area (Å²) in [7, 11) is 0. The second kappa shape index (κ2) is 16.3. The first-order valence-electron chi connectivity index (χ1n) is 11.2. The molecule has 0 saturated carbocycles. The minimum Gasteiger partial charge on any atom is -0.462 e. The van der Waals surface area contributed by atoms with E-state index in [2.05, 4.69) is 13.8 Å². The van der Waals surface area contributed by atoms with Crippen molar-refractivity contribution >= 4 is 23.5 Å². The lowest BCUT2D eigenvalue weighted by Crippen LogP contribution is -2.15. The fourth-order valence-electron chi connectivity index (χ4n) is 3.11. The molecule has 5 heteroatoms. The third-order valence-corrected chi connectivity index (χ3v) is 5.12. The van der Waals surface area contributed by atoms with E-state index in [0.29, 0.717) is 18.2 Å². The van der Waals surface area contributed by atoms with Crippen molar-refractivity contribution in [1.29, 1.82) is 0 Å². The Balaban J connectivity index is 2.45. The van der Waals surface area contributed by atoms with E-state index in [1.165, 1.54) is 50.7 Å². The van der Waals surface area contributed by atoms with Gasteiger partial charge in [0.2, 0.25) is 0 Å². The maximum Gasteiger partial charge on any atom is 0.339 e. The minimum atomic E-state index is -0.521. The molecule has 164 valence electrons. The molecule has 0 aliphatic carbocycles. The molecule has 29 heavy (non-hydrogen) atoms. The van der Waals surface area contributed by atoms with Gasteiger partial charge in [-0.2, -0.15) is 0 Å². The molecule has 0 spiro atoms. The molecule has 0 heterocycles. The van der Waals surface area contributed by atoms with Crippen molar-refractivity contribution in [3.05, 3.63) is 34.3 Å². The molecule has 0 unspecified atom stereocenters. The number of ether oxygens (including phenoxy) is 2. The Morgan fingerprint density at radius 3 is 1.66 bits per heavy atom. The molecule has 0 amide bonds. The fourth-order valence-corrected chi connectivity index (χ4v) is 3.29. The summed E-state index contributed by atoms with van der Waals surface area (Å²) in [5.74, 6) is -1.02. The molecule has 0 aliphatic heterocycles. The van der Waals surface area contributed by atoms with Gasteiger partial charge in [-0.05, 0) is 31.0 Å². The highest BCUT2D eigenvalue weighted by molar-refractivity contribution is 6.31. The molecule has 1 rings (SSSR count). The third kappa shape index (κ3) is 11.3. The van der Waals surface area contributed by atoms with Crippen molar-refractivity contribution in [2.24, 2.45) is 0 Å².